The molecule has 0 aliphatic carbocycles. The standard InChI is InChI=1S/C18H22FN3O5S/c1-20-16(23)26-5-4-13-7-22(17(24)27-13)12-2-3-15(14(19)6-12)21-8-18(9-21)10-28(25)11-18/h2-3,6,13H,4-5,7-11H2,1H3,(H,20,23)/t13-/m0/s1. The van der Waals surface area contributed by atoms with Crippen LogP contribution in [0.3, 0.4) is 0 Å². The van der Waals surface area contributed by atoms with Gasteiger partial charge < -0.3 is 19.7 Å². The molecule has 3 fully saturated rings. The second-order valence-corrected chi connectivity index (χ2v) is 8.97. The fourth-order valence-electron chi connectivity index (χ4n) is 3.92. The van der Waals surface area contributed by atoms with Gasteiger partial charge in [0.2, 0.25) is 0 Å². The van der Waals surface area contributed by atoms with Gasteiger partial charge in [0.15, 0.2) is 0 Å². The summed E-state index contributed by atoms with van der Waals surface area (Å²) in [6, 6.07) is 4.71. The summed E-state index contributed by atoms with van der Waals surface area (Å²) in [6.45, 7) is 1.83. The van der Waals surface area contributed by atoms with Crippen LogP contribution < -0.4 is 15.1 Å². The third-order valence-corrected chi connectivity index (χ3v) is 7.19. The Hall–Kier alpha value is -2.36. The molecule has 0 saturated carbocycles. The molecule has 4 rings (SSSR count). The first-order chi connectivity index (χ1) is 13.4. The molecule has 1 atom stereocenters. The van der Waals surface area contributed by atoms with Gasteiger partial charge in [-0.2, -0.15) is 0 Å². The molecule has 0 bridgehead atoms. The number of benzene rings is 1. The Labute approximate surface area is 164 Å². The highest BCUT2D eigenvalue weighted by Crippen LogP contribution is 2.43. The average molecular weight is 411 g/mol. The first-order valence-electron chi connectivity index (χ1n) is 9.11. The van der Waals surface area contributed by atoms with Gasteiger partial charge in [-0.3, -0.25) is 9.11 Å². The van der Waals surface area contributed by atoms with Crippen LogP contribution in [0.4, 0.5) is 25.4 Å². The molecule has 152 valence electrons. The SMILES string of the molecule is CNC(=O)OCC[C@H]1CN(c2ccc(N3CC4(C3)CS(=O)C4)c(F)c2)C(=O)O1. The highest BCUT2D eigenvalue weighted by atomic mass is 32.2. The van der Waals surface area contributed by atoms with Crippen molar-refractivity contribution in [1.29, 1.82) is 0 Å². The normalized spacial score (nSPS) is 23.2. The molecule has 3 aliphatic heterocycles. The number of halogens is 1. The van der Waals surface area contributed by atoms with Gasteiger partial charge in [-0.1, -0.05) is 0 Å². The quantitative estimate of drug-likeness (QED) is 0.789. The average Bonchev–Trinajstić information content (AvgIpc) is 2.97. The number of amides is 2. The maximum absolute atomic E-state index is 14.6. The third kappa shape index (κ3) is 3.52. The molecule has 3 saturated heterocycles. The second-order valence-electron chi connectivity index (χ2n) is 7.51. The predicted octanol–water partition coefficient (Wildman–Crippen LogP) is 1.47. The highest BCUT2D eigenvalue weighted by Gasteiger charge is 2.52. The van der Waals surface area contributed by atoms with Crippen molar-refractivity contribution in [3.05, 3.63) is 24.0 Å². The fourth-order valence-corrected chi connectivity index (χ4v) is 5.56. The number of nitrogens with one attached hydrogen (secondary N) is 1. The molecule has 1 spiro atoms. The number of carbonyl (C=O) groups excluding carboxylic acids is 2. The molecule has 1 aromatic rings. The number of carbonyl (C=O) groups is 2. The Morgan fingerprint density at radius 1 is 1.43 bits per heavy atom. The lowest BCUT2D eigenvalue weighted by atomic mass is 9.82. The first kappa shape index (κ1) is 19.0. The van der Waals surface area contributed by atoms with Crippen LogP contribution in [-0.4, -0.2) is 67.3 Å². The summed E-state index contributed by atoms with van der Waals surface area (Å²) in [7, 11) is 0.748. The van der Waals surface area contributed by atoms with Crippen LogP contribution in [0, 0.1) is 11.2 Å². The van der Waals surface area contributed by atoms with Crippen molar-refractivity contribution < 1.29 is 27.7 Å². The van der Waals surface area contributed by atoms with E-state index in [1.54, 1.807) is 12.1 Å². The van der Waals surface area contributed by atoms with Crippen molar-refractivity contribution in [2.75, 3.05) is 54.6 Å². The Bertz CT molecular complexity index is 819. The summed E-state index contributed by atoms with van der Waals surface area (Å²) in [5.41, 5.74) is 1.02. The van der Waals surface area contributed by atoms with E-state index < -0.39 is 34.9 Å². The van der Waals surface area contributed by atoms with Crippen molar-refractivity contribution in [2.24, 2.45) is 5.41 Å². The smallest absolute Gasteiger partial charge is 0.414 e. The molecule has 0 unspecified atom stereocenters. The summed E-state index contributed by atoms with van der Waals surface area (Å²) in [4.78, 5) is 26.5. The van der Waals surface area contributed by atoms with Gasteiger partial charge in [-0.05, 0) is 18.2 Å². The van der Waals surface area contributed by atoms with Crippen LogP contribution >= 0.6 is 0 Å². The van der Waals surface area contributed by atoms with E-state index in [1.165, 1.54) is 18.0 Å². The van der Waals surface area contributed by atoms with Crippen molar-refractivity contribution in [3.8, 4) is 0 Å². The van der Waals surface area contributed by atoms with E-state index in [0.29, 0.717) is 42.4 Å². The van der Waals surface area contributed by atoms with Gasteiger partial charge in [-0.25, -0.2) is 14.0 Å². The minimum atomic E-state index is -0.715. The summed E-state index contributed by atoms with van der Waals surface area (Å²) in [6.07, 6.45) is -1.14. The van der Waals surface area contributed by atoms with E-state index in [0.717, 1.165) is 0 Å². The molecule has 10 heteroatoms. The Morgan fingerprint density at radius 2 is 2.18 bits per heavy atom. The molecule has 2 amide bonds. The summed E-state index contributed by atoms with van der Waals surface area (Å²) >= 11 is 0. The molecular formula is C18H22FN3O5S. The minimum absolute atomic E-state index is 0.0959. The molecule has 3 heterocycles. The zero-order valence-corrected chi connectivity index (χ0v) is 16.3. The number of nitrogens with zero attached hydrogens (tertiary/aromatic N) is 2. The minimum Gasteiger partial charge on any atom is -0.449 e. The van der Waals surface area contributed by atoms with Gasteiger partial charge in [0, 0.05) is 54.3 Å². The Balaban J connectivity index is 1.34. The number of ether oxygens (including phenoxy) is 2. The van der Waals surface area contributed by atoms with E-state index in [2.05, 4.69) is 5.32 Å². The third-order valence-electron chi connectivity index (χ3n) is 5.32. The summed E-state index contributed by atoms with van der Waals surface area (Å²) in [5.74, 6) is 1.01. The number of hydrogen-bond acceptors (Lipinski definition) is 6. The van der Waals surface area contributed by atoms with Gasteiger partial charge in [-0.15, -0.1) is 0 Å². The van der Waals surface area contributed by atoms with Crippen molar-refractivity contribution >= 4 is 34.4 Å². The lowest BCUT2D eigenvalue weighted by Crippen LogP contribution is -2.67. The number of cyclic esters (lactones) is 1. The van der Waals surface area contributed by atoms with Crippen LogP contribution in [0.25, 0.3) is 0 Å². The van der Waals surface area contributed by atoms with Crippen molar-refractivity contribution in [2.45, 2.75) is 12.5 Å². The number of rotatable bonds is 5. The van der Waals surface area contributed by atoms with Crippen LogP contribution in [0.2, 0.25) is 0 Å². The van der Waals surface area contributed by atoms with Crippen LogP contribution in [0.15, 0.2) is 18.2 Å². The van der Waals surface area contributed by atoms with E-state index in [-0.39, 0.29) is 18.6 Å². The van der Waals surface area contributed by atoms with Gasteiger partial charge >= 0.3 is 12.2 Å². The zero-order chi connectivity index (χ0) is 19.9. The molecule has 28 heavy (non-hydrogen) atoms. The Kier molecular flexibility index (Phi) is 4.90. The van der Waals surface area contributed by atoms with E-state index in [4.69, 9.17) is 9.47 Å². The predicted molar refractivity (Wildman–Crippen MR) is 102 cm³/mol. The van der Waals surface area contributed by atoms with Crippen LogP contribution in [0.5, 0.6) is 0 Å². The molecule has 0 radical (unpaired) electrons. The maximum Gasteiger partial charge on any atom is 0.414 e. The summed E-state index contributed by atoms with van der Waals surface area (Å²) < 4.78 is 36.1. The van der Waals surface area contributed by atoms with E-state index >= 15 is 0 Å². The van der Waals surface area contributed by atoms with Gasteiger partial charge in [0.05, 0.1) is 24.5 Å². The largest absolute Gasteiger partial charge is 0.449 e. The number of anilines is 2. The topological polar surface area (TPSA) is 88.2 Å². The van der Waals surface area contributed by atoms with Crippen LogP contribution in [0.1, 0.15) is 6.42 Å². The van der Waals surface area contributed by atoms with E-state index in [1.807, 2.05) is 4.90 Å². The molecule has 1 aromatic carbocycles. The zero-order valence-electron chi connectivity index (χ0n) is 15.5. The Morgan fingerprint density at radius 3 is 2.82 bits per heavy atom. The van der Waals surface area contributed by atoms with Crippen LogP contribution in [-0.2, 0) is 20.3 Å². The highest BCUT2D eigenvalue weighted by molar-refractivity contribution is 7.86. The molecule has 3 aliphatic rings. The second kappa shape index (κ2) is 7.23. The van der Waals surface area contributed by atoms with Gasteiger partial charge in [0.1, 0.15) is 11.9 Å². The molecule has 1 N–H and O–H groups in total. The molecule has 8 nitrogen and oxygen atoms in total. The lowest BCUT2D eigenvalue weighted by Gasteiger charge is -2.55. The maximum atomic E-state index is 14.6. The number of hydrogen-bond donors (Lipinski definition) is 1. The van der Waals surface area contributed by atoms with Gasteiger partial charge in [0.25, 0.3) is 0 Å². The molecular weight excluding hydrogens is 389 g/mol. The molecule has 0 aromatic heterocycles. The fraction of sp³-hybridized carbons (Fsp3) is 0.556. The lowest BCUT2D eigenvalue weighted by molar-refractivity contribution is 0.105. The number of alkyl carbamates (subject to hydrolysis) is 1. The van der Waals surface area contributed by atoms with Crippen molar-refractivity contribution in [3.63, 3.8) is 0 Å². The summed E-state index contributed by atoms with van der Waals surface area (Å²) in [5, 5.41) is 2.34. The monoisotopic (exact) mass is 411 g/mol. The first-order valence-corrected chi connectivity index (χ1v) is 10.6. The van der Waals surface area contributed by atoms with Crippen molar-refractivity contribution in [1.82, 2.24) is 5.32 Å². The van der Waals surface area contributed by atoms with E-state index in [9.17, 15) is 18.2 Å².